The summed E-state index contributed by atoms with van der Waals surface area (Å²) in [4.78, 5) is 21.6. The van der Waals surface area contributed by atoms with Crippen molar-refractivity contribution in [3.63, 3.8) is 0 Å². The molecule has 0 fully saturated rings. The van der Waals surface area contributed by atoms with Gasteiger partial charge in [0.05, 0.1) is 20.5 Å². The topological polar surface area (TPSA) is 110 Å². The van der Waals surface area contributed by atoms with E-state index < -0.39 is 50.7 Å². The second-order valence-electron chi connectivity index (χ2n) is 5.73. The largest absolute Gasteiger partial charge is 0.405 e. The molecule has 0 heterocycles. The van der Waals surface area contributed by atoms with Crippen molar-refractivity contribution in [2.75, 3.05) is 17.4 Å². The number of anilines is 1. The molecule has 8 nitrogen and oxygen atoms in total. The molecule has 0 saturated carbocycles. The van der Waals surface area contributed by atoms with Crippen molar-refractivity contribution in [1.82, 2.24) is 5.32 Å². The van der Waals surface area contributed by atoms with Crippen LogP contribution in [0.25, 0.3) is 0 Å². The van der Waals surface area contributed by atoms with E-state index in [1.54, 1.807) is 5.32 Å². The number of nitro groups is 1. The molecule has 0 saturated heterocycles. The number of carbonyl (C=O) groups is 1. The van der Waals surface area contributed by atoms with E-state index in [4.69, 9.17) is 23.2 Å². The Morgan fingerprint density at radius 3 is 2.33 bits per heavy atom. The van der Waals surface area contributed by atoms with E-state index in [-0.39, 0.29) is 15.7 Å². The minimum atomic E-state index is -4.71. The second-order valence-corrected chi connectivity index (χ2v) is 8.40. The van der Waals surface area contributed by atoms with Crippen LogP contribution in [-0.2, 0) is 14.8 Å². The van der Waals surface area contributed by atoms with Crippen LogP contribution < -0.4 is 9.62 Å². The highest BCUT2D eigenvalue weighted by molar-refractivity contribution is 7.92. The number of alkyl halides is 3. The third kappa shape index (κ3) is 5.74. The van der Waals surface area contributed by atoms with Crippen molar-refractivity contribution in [2.45, 2.75) is 11.1 Å². The SMILES string of the molecule is O=C(CN(c1ccccc1Cl)S(=O)(=O)c1ccc(Cl)c([N+](=O)[O-])c1)NCC(F)(F)F. The van der Waals surface area contributed by atoms with Gasteiger partial charge in [0.1, 0.15) is 18.1 Å². The number of sulfonamides is 1. The van der Waals surface area contributed by atoms with Gasteiger partial charge < -0.3 is 5.32 Å². The molecule has 0 spiro atoms. The van der Waals surface area contributed by atoms with Crippen LogP contribution in [0, 0.1) is 10.1 Å². The van der Waals surface area contributed by atoms with Gasteiger partial charge >= 0.3 is 6.18 Å². The Labute approximate surface area is 178 Å². The van der Waals surface area contributed by atoms with Crippen LogP contribution in [0.2, 0.25) is 10.0 Å². The number of nitrogens with one attached hydrogen (secondary N) is 1. The number of amides is 1. The smallest absolute Gasteiger partial charge is 0.345 e. The second kappa shape index (κ2) is 9.06. The minimum Gasteiger partial charge on any atom is -0.345 e. The maximum atomic E-state index is 13.1. The van der Waals surface area contributed by atoms with E-state index in [0.717, 1.165) is 12.1 Å². The quantitative estimate of drug-likeness (QED) is 0.474. The number of hydrogen-bond donors (Lipinski definition) is 1. The summed E-state index contributed by atoms with van der Waals surface area (Å²) in [5.74, 6) is -1.26. The average molecular weight is 486 g/mol. The zero-order valence-corrected chi connectivity index (χ0v) is 17.0. The molecule has 0 radical (unpaired) electrons. The maximum Gasteiger partial charge on any atom is 0.405 e. The summed E-state index contributed by atoms with van der Waals surface area (Å²) in [6, 6.07) is 7.99. The molecule has 0 unspecified atom stereocenters. The van der Waals surface area contributed by atoms with Crippen LogP contribution in [0.1, 0.15) is 0 Å². The molecule has 14 heteroatoms. The van der Waals surface area contributed by atoms with Crippen molar-refractivity contribution in [2.24, 2.45) is 0 Å². The maximum absolute atomic E-state index is 13.1. The Morgan fingerprint density at radius 1 is 1.13 bits per heavy atom. The van der Waals surface area contributed by atoms with E-state index in [1.807, 2.05) is 0 Å². The first-order valence-corrected chi connectivity index (χ1v) is 10.1. The Hall–Kier alpha value is -2.57. The standard InChI is InChI=1S/C16H12Cl2F3N3O5S/c17-11-3-1-2-4-13(11)23(8-15(25)22-9-16(19,20)21)30(28,29)10-5-6-12(18)14(7-10)24(26)27/h1-7H,8-9H2,(H,22,25). The number of para-hydroxylation sites is 1. The van der Waals surface area contributed by atoms with E-state index in [1.165, 1.54) is 24.3 Å². The number of nitro benzene ring substituents is 1. The molecular formula is C16H12Cl2F3N3O5S. The van der Waals surface area contributed by atoms with E-state index in [2.05, 4.69) is 0 Å². The predicted octanol–water partition coefficient (Wildman–Crippen LogP) is 3.78. The summed E-state index contributed by atoms with van der Waals surface area (Å²) >= 11 is 11.7. The summed E-state index contributed by atoms with van der Waals surface area (Å²) in [6.45, 7) is -2.73. The molecule has 0 aromatic heterocycles. The van der Waals surface area contributed by atoms with Crippen LogP contribution in [0.5, 0.6) is 0 Å². The van der Waals surface area contributed by atoms with E-state index in [9.17, 15) is 36.5 Å². The third-order valence-electron chi connectivity index (χ3n) is 3.60. The van der Waals surface area contributed by atoms with Gasteiger partial charge in [0.2, 0.25) is 5.91 Å². The molecule has 30 heavy (non-hydrogen) atoms. The lowest BCUT2D eigenvalue weighted by molar-refractivity contribution is -0.384. The summed E-state index contributed by atoms with van der Waals surface area (Å²) in [6.07, 6.45) is -4.71. The van der Waals surface area contributed by atoms with Gasteiger partial charge in [-0.05, 0) is 24.3 Å². The summed E-state index contributed by atoms with van der Waals surface area (Å²) in [7, 11) is -4.65. The zero-order chi connectivity index (χ0) is 22.7. The predicted molar refractivity (Wildman–Crippen MR) is 103 cm³/mol. The number of hydrogen-bond acceptors (Lipinski definition) is 5. The molecule has 0 aliphatic carbocycles. The molecule has 162 valence electrons. The van der Waals surface area contributed by atoms with Gasteiger partial charge in [-0.25, -0.2) is 8.42 Å². The zero-order valence-electron chi connectivity index (χ0n) is 14.7. The molecule has 0 aliphatic heterocycles. The van der Waals surface area contributed by atoms with Crippen molar-refractivity contribution in [3.05, 3.63) is 62.6 Å². The number of carbonyl (C=O) groups excluding carboxylic acids is 1. The summed E-state index contributed by atoms with van der Waals surface area (Å²) < 4.78 is 63.7. The van der Waals surface area contributed by atoms with Gasteiger partial charge in [0, 0.05) is 6.07 Å². The molecular weight excluding hydrogens is 474 g/mol. The Balaban J connectivity index is 2.51. The molecule has 0 atom stereocenters. The van der Waals surface area contributed by atoms with Crippen LogP contribution >= 0.6 is 23.2 Å². The lowest BCUT2D eigenvalue weighted by atomic mass is 10.3. The van der Waals surface area contributed by atoms with Gasteiger partial charge in [0.25, 0.3) is 15.7 Å². The van der Waals surface area contributed by atoms with Gasteiger partial charge in [-0.15, -0.1) is 0 Å². The fourth-order valence-electron chi connectivity index (χ4n) is 2.26. The third-order valence-corrected chi connectivity index (χ3v) is 5.99. The van der Waals surface area contributed by atoms with Crippen molar-refractivity contribution >= 4 is 50.5 Å². The summed E-state index contributed by atoms with van der Waals surface area (Å²) in [5, 5.41) is 12.2. The number of benzene rings is 2. The van der Waals surface area contributed by atoms with Gasteiger partial charge in [-0.1, -0.05) is 35.3 Å². The highest BCUT2D eigenvalue weighted by atomic mass is 35.5. The molecule has 1 N–H and O–H groups in total. The molecule has 2 rings (SSSR count). The highest BCUT2D eigenvalue weighted by Crippen LogP contribution is 2.33. The fourth-order valence-corrected chi connectivity index (χ4v) is 4.19. The van der Waals surface area contributed by atoms with Crippen LogP contribution in [0.3, 0.4) is 0 Å². The average Bonchev–Trinajstić information content (AvgIpc) is 2.64. The molecule has 2 aromatic rings. The van der Waals surface area contributed by atoms with Gasteiger partial charge in [-0.3, -0.25) is 19.2 Å². The fraction of sp³-hybridized carbons (Fsp3) is 0.188. The first kappa shape index (κ1) is 23.7. The lowest BCUT2D eigenvalue weighted by Crippen LogP contribution is -2.43. The van der Waals surface area contributed by atoms with Crippen LogP contribution in [0.4, 0.5) is 24.5 Å². The molecule has 2 aromatic carbocycles. The lowest BCUT2D eigenvalue weighted by Gasteiger charge is -2.25. The molecule has 0 aliphatic rings. The number of nitrogens with zero attached hydrogens (tertiary/aromatic N) is 2. The van der Waals surface area contributed by atoms with Gasteiger partial charge in [0.15, 0.2) is 0 Å². The highest BCUT2D eigenvalue weighted by Gasteiger charge is 2.32. The van der Waals surface area contributed by atoms with Crippen molar-refractivity contribution < 1.29 is 31.3 Å². The van der Waals surface area contributed by atoms with E-state index >= 15 is 0 Å². The van der Waals surface area contributed by atoms with Crippen LogP contribution in [-0.4, -0.2) is 38.5 Å². The van der Waals surface area contributed by atoms with Crippen molar-refractivity contribution in [3.8, 4) is 0 Å². The van der Waals surface area contributed by atoms with Crippen LogP contribution in [0.15, 0.2) is 47.4 Å². The monoisotopic (exact) mass is 485 g/mol. The first-order chi connectivity index (χ1) is 13.8. The van der Waals surface area contributed by atoms with Gasteiger partial charge in [-0.2, -0.15) is 13.2 Å². The molecule has 1 amide bonds. The Bertz CT molecular complexity index is 1080. The first-order valence-electron chi connectivity index (χ1n) is 7.87. The Kier molecular flexibility index (Phi) is 7.16. The number of halogens is 5. The Morgan fingerprint density at radius 2 is 1.77 bits per heavy atom. The molecule has 0 bridgehead atoms. The van der Waals surface area contributed by atoms with Crippen molar-refractivity contribution in [1.29, 1.82) is 0 Å². The normalized spacial score (nSPS) is 11.8. The summed E-state index contributed by atoms with van der Waals surface area (Å²) in [5.41, 5.74) is -0.919. The minimum absolute atomic E-state index is 0.117. The van der Waals surface area contributed by atoms with E-state index in [0.29, 0.717) is 10.4 Å². The number of rotatable bonds is 7.